The van der Waals surface area contributed by atoms with Gasteiger partial charge in [0.1, 0.15) is 0 Å². The summed E-state index contributed by atoms with van der Waals surface area (Å²) in [5.41, 5.74) is 0.282. The van der Waals surface area contributed by atoms with Crippen molar-refractivity contribution in [3.8, 4) is 0 Å². The van der Waals surface area contributed by atoms with Crippen LogP contribution in [0.4, 0.5) is 0 Å². The Morgan fingerprint density at radius 2 is 1.70 bits per heavy atom. The first-order chi connectivity index (χ1) is 9.27. The second-order valence-corrected chi connectivity index (χ2v) is 5.87. The highest BCUT2D eigenvalue weighted by molar-refractivity contribution is 5.93. The molecule has 0 fully saturated rings. The highest BCUT2D eigenvalue weighted by Gasteiger charge is 2.29. The molecule has 0 spiro atoms. The monoisotopic (exact) mass is 277 g/mol. The molecule has 1 N–H and O–H groups in total. The van der Waals surface area contributed by atoms with E-state index in [1.807, 2.05) is 51.1 Å². The van der Waals surface area contributed by atoms with Crippen LogP contribution >= 0.6 is 0 Å². The lowest BCUT2D eigenvalue weighted by Crippen LogP contribution is -2.45. The number of methoxy groups -OCH3 is 1. The number of amides is 1. The van der Waals surface area contributed by atoms with Gasteiger partial charge in [-0.25, -0.2) is 0 Å². The average molecular weight is 277 g/mol. The Morgan fingerprint density at radius 1 is 1.15 bits per heavy atom. The Bertz CT molecular complexity index is 462. The normalized spacial score (nSPS) is 14.4. The number of Topliss-reactive ketones (excluding diaryl/α,β-unsaturated/α-hetero) is 1. The van der Waals surface area contributed by atoms with Gasteiger partial charge in [-0.15, -0.1) is 0 Å². The van der Waals surface area contributed by atoms with Gasteiger partial charge in [0.05, 0.1) is 6.04 Å². The summed E-state index contributed by atoms with van der Waals surface area (Å²) in [6.45, 7) is 7.21. The van der Waals surface area contributed by atoms with Crippen molar-refractivity contribution in [3.05, 3.63) is 35.9 Å². The molecular formula is C16H23NO3. The summed E-state index contributed by atoms with van der Waals surface area (Å²) in [4.78, 5) is 24.3. The second-order valence-electron chi connectivity index (χ2n) is 5.87. The van der Waals surface area contributed by atoms with Gasteiger partial charge in [-0.3, -0.25) is 9.59 Å². The third kappa shape index (κ3) is 4.17. The molecule has 0 heterocycles. The predicted octanol–water partition coefficient (Wildman–Crippen LogP) is 2.49. The first-order valence-corrected chi connectivity index (χ1v) is 6.69. The highest BCUT2D eigenvalue weighted by atomic mass is 16.5. The minimum Gasteiger partial charge on any atom is -0.367 e. The topological polar surface area (TPSA) is 55.4 Å². The van der Waals surface area contributed by atoms with Crippen molar-refractivity contribution < 1.29 is 14.3 Å². The van der Waals surface area contributed by atoms with E-state index in [0.29, 0.717) is 0 Å². The molecule has 0 saturated carbocycles. The molecule has 1 aromatic carbocycles. The van der Waals surface area contributed by atoms with Gasteiger partial charge in [0.25, 0.3) is 5.91 Å². The van der Waals surface area contributed by atoms with Crippen molar-refractivity contribution in [3.63, 3.8) is 0 Å². The van der Waals surface area contributed by atoms with Crippen LogP contribution in [-0.2, 0) is 14.3 Å². The van der Waals surface area contributed by atoms with Gasteiger partial charge in [0.2, 0.25) is 0 Å². The molecule has 4 nitrogen and oxygen atoms in total. The van der Waals surface area contributed by atoms with E-state index in [0.717, 1.165) is 5.56 Å². The first kappa shape index (κ1) is 16.4. The fraction of sp³-hybridized carbons (Fsp3) is 0.500. The molecule has 1 unspecified atom stereocenters. The largest absolute Gasteiger partial charge is 0.367 e. The van der Waals surface area contributed by atoms with E-state index in [1.54, 1.807) is 6.92 Å². The van der Waals surface area contributed by atoms with Crippen LogP contribution < -0.4 is 5.32 Å². The van der Waals surface area contributed by atoms with E-state index in [2.05, 4.69) is 5.32 Å². The number of rotatable bonds is 5. The lowest BCUT2D eigenvalue weighted by atomic mass is 9.87. The van der Waals surface area contributed by atoms with Gasteiger partial charge in [-0.1, -0.05) is 51.1 Å². The van der Waals surface area contributed by atoms with Crippen molar-refractivity contribution in [1.82, 2.24) is 5.32 Å². The van der Waals surface area contributed by atoms with Crippen LogP contribution in [0.5, 0.6) is 0 Å². The molecule has 0 aliphatic heterocycles. The third-order valence-corrected chi connectivity index (χ3v) is 3.07. The Morgan fingerprint density at radius 3 is 2.15 bits per heavy atom. The molecule has 2 atom stereocenters. The Kier molecular flexibility index (Phi) is 5.45. The van der Waals surface area contributed by atoms with Gasteiger partial charge in [0.15, 0.2) is 11.9 Å². The highest BCUT2D eigenvalue weighted by Crippen LogP contribution is 2.19. The van der Waals surface area contributed by atoms with Crippen LogP contribution in [0.3, 0.4) is 0 Å². The van der Waals surface area contributed by atoms with Crippen LogP contribution in [0.1, 0.15) is 39.4 Å². The third-order valence-electron chi connectivity index (χ3n) is 3.07. The van der Waals surface area contributed by atoms with E-state index < -0.39 is 17.6 Å². The molecule has 0 saturated heterocycles. The molecule has 20 heavy (non-hydrogen) atoms. The Labute approximate surface area is 120 Å². The Balaban J connectivity index is 2.77. The van der Waals surface area contributed by atoms with E-state index in [4.69, 9.17) is 4.74 Å². The van der Waals surface area contributed by atoms with Gasteiger partial charge in [-0.2, -0.15) is 0 Å². The molecule has 0 radical (unpaired) electrons. The summed E-state index contributed by atoms with van der Waals surface area (Å²) in [5, 5.41) is 2.72. The smallest absolute Gasteiger partial charge is 0.254 e. The minimum atomic E-state index is -0.702. The standard InChI is InChI=1S/C16H23NO3/c1-11(14(18)16(2,3)4)17-15(19)13(20-5)12-9-7-6-8-10-12/h6-11,13H,1-5H3,(H,17,19)/t11-,13?/m0/s1. The molecule has 1 rings (SSSR count). The van der Waals surface area contributed by atoms with Crippen molar-refractivity contribution in [2.75, 3.05) is 7.11 Å². The fourth-order valence-corrected chi connectivity index (χ4v) is 2.03. The number of hydrogen-bond acceptors (Lipinski definition) is 3. The number of nitrogens with one attached hydrogen (secondary N) is 1. The number of benzene rings is 1. The summed E-state index contributed by atoms with van der Waals surface area (Å²) in [5.74, 6) is -0.308. The van der Waals surface area contributed by atoms with Crippen molar-refractivity contribution in [2.24, 2.45) is 5.41 Å². The zero-order valence-corrected chi connectivity index (χ0v) is 12.8. The summed E-state index contributed by atoms with van der Waals surface area (Å²) < 4.78 is 5.24. The van der Waals surface area contributed by atoms with Crippen LogP contribution in [0.2, 0.25) is 0 Å². The maximum absolute atomic E-state index is 12.2. The van der Waals surface area contributed by atoms with Crippen molar-refractivity contribution in [1.29, 1.82) is 0 Å². The van der Waals surface area contributed by atoms with Crippen LogP contribution in [0.25, 0.3) is 0 Å². The molecule has 110 valence electrons. The molecule has 0 aliphatic carbocycles. The summed E-state index contributed by atoms with van der Waals surface area (Å²) >= 11 is 0. The lowest BCUT2D eigenvalue weighted by Gasteiger charge is -2.24. The van der Waals surface area contributed by atoms with Crippen LogP contribution in [0, 0.1) is 5.41 Å². The van der Waals surface area contributed by atoms with E-state index >= 15 is 0 Å². The number of hydrogen-bond donors (Lipinski definition) is 1. The molecule has 0 aliphatic rings. The molecule has 1 aromatic rings. The number of ether oxygens (including phenoxy) is 1. The van der Waals surface area contributed by atoms with Crippen LogP contribution in [0.15, 0.2) is 30.3 Å². The van der Waals surface area contributed by atoms with Crippen molar-refractivity contribution >= 4 is 11.7 Å². The average Bonchev–Trinajstić information content (AvgIpc) is 2.38. The zero-order chi connectivity index (χ0) is 15.3. The predicted molar refractivity (Wildman–Crippen MR) is 78.3 cm³/mol. The van der Waals surface area contributed by atoms with Crippen LogP contribution in [-0.4, -0.2) is 24.8 Å². The summed E-state index contributed by atoms with van der Waals surface area (Å²) in [6.07, 6.45) is -0.702. The first-order valence-electron chi connectivity index (χ1n) is 6.69. The fourth-order valence-electron chi connectivity index (χ4n) is 2.03. The van der Waals surface area contributed by atoms with E-state index in [1.165, 1.54) is 7.11 Å². The molecule has 1 amide bonds. The number of carbonyl (C=O) groups excluding carboxylic acids is 2. The van der Waals surface area contributed by atoms with Gasteiger partial charge in [0, 0.05) is 12.5 Å². The van der Waals surface area contributed by atoms with Gasteiger partial charge in [-0.05, 0) is 12.5 Å². The molecule has 4 heteroatoms. The van der Waals surface area contributed by atoms with E-state index in [-0.39, 0.29) is 11.7 Å². The SMILES string of the molecule is COC(C(=O)N[C@@H](C)C(=O)C(C)(C)C)c1ccccc1. The maximum Gasteiger partial charge on any atom is 0.254 e. The van der Waals surface area contributed by atoms with Crippen molar-refractivity contribution in [2.45, 2.75) is 39.8 Å². The van der Waals surface area contributed by atoms with Gasteiger partial charge >= 0.3 is 0 Å². The summed E-state index contributed by atoms with van der Waals surface area (Å²) in [6, 6.07) is 8.67. The van der Waals surface area contributed by atoms with Gasteiger partial charge < -0.3 is 10.1 Å². The minimum absolute atomic E-state index is 0.00577. The quantitative estimate of drug-likeness (QED) is 0.899. The summed E-state index contributed by atoms with van der Waals surface area (Å²) in [7, 11) is 1.48. The molecule has 0 aromatic heterocycles. The molecule has 0 bridgehead atoms. The second kappa shape index (κ2) is 6.66. The number of ketones is 1. The zero-order valence-electron chi connectivity index (χ0n) is 12.8. The van der Waals surface area contributed by atoms with E-state index in [9.17, 15) is 9.59 Å². The lowest BCUT2D eigenvalue weighted by molar-refractivity contribution is -0.137. The molecular weight excluding hydrogens is 254 g/mol. The Hall–Kier alpha value is -1.68. The number of carbonyl (C=O) groups is 2. The maximum atomic E-state index is 12.2.